The van der Waals surface area contributed by atoms with Gasteiger partial charge in [0.05, 0.1) is 34.0 Å². The van der Waals surface area contributed by atoms with Crippen molar-refractivity contribution >= 4 is 63.7 Å². The van der Waals surface area contributed by atoms with Gasteiger partial charge in [-0.05, 0) is 77.9 Å². The van der Waals surface area contributed by atoms with E-state index in [1.165, 1.54) is 0 Å². The highest BCUT2D eigenvalue weighted by molar-refractivity contribution is 6.06. The molecule has 0 unspecified atom stereocenters. The van der Waals surface area contributed by atoms with Crippen LogP contribution < -0.4 is 4.90 Å². The first-order valence-corrected chi connectivity index (χ1v) is 15.2. The molecular formula is C40H29N5O. The van der Waals surface area contributed by atoms with Crippen LogP contribution >= 0.6 is 0 Å². The summed E-state index contributed by atoms with van der Waals surface area (Å²) in [6.07, 6.45) is 8.11. The van der Waals surface area contributed by atoms with Crippen LogP contribution in [0, 0.1) is 0 Å². The normalized spacial score (nSPS) is 11.9. The van der Waals surface area contributed by atoms with Gasteiger partial charge in [0.25, 0.3) is 0 Å². The molecule has 0 radical (unpaired) electrons. The Morgan fingerprint density at radius 3 is 1.78 bits per heavy atom. The van der Waals surface area contributed by atoms with Crippen LogP contribution in [0.5, 0.6) is 0 Å². The Morgan fingerprint density at radius 1 is 0.565 bits per heavy atom. The van der Waals surface area contributed by atoms with Gasteiger partial charge in [-0.25, -0.2) is 9.97 Å². The van der Waals surface area contributed by atoms with E-state index in [2.05, 4.69) is 64.6 Å². The molecule has 0 aliphatic carbocycles. The third kappa shape index (κ3) is 4.92. The summed E-state index contributed by atoms with van der Waals surface area (Å²) in [6.45, 7) is 1.59. The number of anilines is 2. The summed E-state index contributed by atoms with van der Waals surface area (Å²) in [5.41, 5.74) is 12.1. The number of nitrogens with one attached hydrogen (secondary N) is 2. The van der Waals surface area contributed by atoms with Gasteiger partial charge in [-0.1, -0.05) is 78.9 Å². The highest BCUT2D eigenvalue weighted by atomic mass is 16.2. The number of carbonyl (C=O) groups is 1. The van der Waals surface area contributed by atoms with Crippen molar-refractivity contribution in [2.45, 2.75) is 6.92 Å². The number of nitrogens with zero attached hydrogens (tertiary/aromatic N) is 3. The molecule has 2 N–H and O–H groups in total. The highest BCUT2D eigenvalue weighted by Gasteiger charge is 2.22. The van der Waals surface area contributed by atoms with E-state index >= 15 is 0 Å². The molecule has 3 aromatic carbocycles. The van der Waals surface area contributed by atoms with Gasteiger partial charge in [-0.3, -0.25) is 9.69 Å². The maximum absolute atomic E-state index is 13.5. The average Bonchev–Trinajstić information content (AvgIpc) is 3.91. The summed E-state index contributed by atoms with van der Waals surface area (Å²) in [5, 5.41) is 0. The van der Waals surface area contributed by atoms with Gasteiger partial charge in [-0.2, -0.15) is 0 Å². The lowest BCUT2D eigenvalue weighted by Crippen LogP contribution is -2.23. The Morgan fingerprint density at radius 2 is 1.11 bits per heavy atom. The molecule has 0 saturated heterocycles. The van der Waals surface area contributed by atoms with Gasteiger partial charge < -0.3 is 9.97 Å². The topological polar surface area (TPSA) is 77.7 Å². The van der Waals surface area contributed by atoms with Crippen molar-refractivity contribution in [1.29, 1.82) is 0 Å². The Bertz CT molecular complexity index is 2290. The Labute approximate surface area is 266 Å². The summed E-state index contributed by atoms with van der Waals surface area (Å²) >= 11 is 0. The number of fused-ring (bicyclic) bond motifs is 8. The minimum atomic E-state index is -0.122. The summed E-state index contributed by atoms with van der Waals surface area (Å²) < 4.78 is 0. The van der Waals surface area contributed by atoms with Crippen LogP contribution in [0.4, 0.5) is 11.4 Å². The van der Waals surface area contributed by atoms with Crippen molar-refractivity contribution < 1.29 is 4.79 Å². The van der Waals surface area contributed by atoms with Gasteiger partial charge in [0.2, 0.25) is 5.91 Å². The van der Waals surface area contributed by atoms with E-state index in [4.69, 9.17) is 9.97 Å². The van der Waals surface area contributed by atoms with Crippen LogP contribution in [0.15, 0.2) is 121 Å². The van der Waals surface area contributed by atoms with E-state index in [-0.39, 0.29) is 5.91 Å². The summed E-state index contributed by atoms with van der Waals surface area (Å²) in [7, 11) is 0. The minimum Gasteiger partial charge on any atom is -0.355 e. The SMILES string of the molecule is CC(=O)N(c1ccccc1)c1c2nc(c(-c3ccccc3)c3ccc(cc4nc(c(-c5ccccc5)c5ccc1[nH]5)C=C4)[nH]3)C=C2. The monoisotopic (exact) mass is 595 g/mol. The molecule has 6 nitrogen and oxygen atoms in total. The molecule has 8 bridgehead atoms. The number of para-hydroxylation sites is 1. The van der Waals surface area contributed by atoms with E-state index in [1.807, 2.05) is 91.0 Å². The smallest absolute Gasteiger partial charge is 0.228 e. The summed E-state index contributed by atoms with van der Waals surface area (Å²) in [4.78, 5) is 32.8. The van der Waals surface area contributed by atoms with Crippen LogP contribution in [0.2, 0.25) is 0 Å². The van der Waals surface area contributed by atoms with Gasteiger partial charge in [-0.15, -0.1) is 0 Å². The van der Waals surface area contributed by atoms with Crippen molar-refractivity contribution in [3.63, 3.8) is 0 Å². The minimum absolute atomic E-state index is 0.122. The Hall–Kier alpha value is -6.27. The number of benzene rings is 3. The van der Waals surface area contributed by atoms with Crippen molar-refractivity contribution in [2.75, 3.05) is 4.90 Å². The first-order valence-electron chi connectivity index (χ1n) is 15.2. The van der Waals surface area contributed by atoms with E-state index < -0.39 is 0 Å². The molecule has 0 saturated carbocycles. The molecule has 1 amide bonds. The molecule has 0 atom stereocenters. The second-order valence-corrected chi connectivity index (χ2v) is 11.2. The third-order valence-electron chi connectivity index (χ3n) is 8.23. The number of hydrogen-bond acceptors (Lipinski definition) is 3. The molecule has 6 heteroatoms. The molecule has 8 rings (SSSR count). The molecule has 46 heavy (non-hydrogen) atoms. The zero-order chi connectivity index (χ0) is 31.0. The fourth-order valence-electron chi connectivity index (χ4n) is 6.22. The number of rotatable bonds is 4. The number of amides is 1. The predicted molar refractivity (Wildman–Crippen MR) is 189 cm³/mol. The van der Waals surface area contributed by atoms with Crippen LogP contribution in [-0.4, -0.2) is 25.8 Å². The number of carbonyl (C=O) groups excluding carboxylic acids is 1. The van der Waals surface area contributed by atoms with Crippen LogP contribution in [-0.2, 0) is 4.79 Å². The van der Waals surface area contributed by atoms with E-state index in [9.17, 15) is 4.79 Å². The number of aromatic amines is 2. The van der Waals surface area contributed by atoms with E-state index in [0.717, 1.165) is 67.1 Å². The summed E-state index contributed by atoms with van der Waals surface area (Å²) in [5.74, 6) is -0.122. The quantitative estimate of drug-likeness (QED) is 0.213. The Balaban J connectivity index is 1.55. The molecule has 6 aromatic rings. The molecule has 3 aromatic heterocycles. The lowest BCUT2D eigenvalue weighted by atomic mass is 10.0. The Kier molecular flexibility index (Phi) is 6.73. The molecular weight excluding hydrogens is 566 g/mol. The molecule has 5 heterocycles. The van der Waals surface area contributed by atoms with Crippen molar-refractivity contribution in [2.24, 2.45) is 0 Å². The van der Waals surface area contributed by atoms with E-state index in [0.29, 0.717) is 11.4 Å². The maximum Gasteiger partial charge on any atom is 0.228 e. The molecule has 0 fully saturated rings. The second-order valence-electron chi connectivity index (χ2n) is 11.2. The van der Waals surface area contributed by atoms with Crippen LogP contribution in [0.3, 0.4) is 0 Å². The highest BCUT2D eigenvalue weighted by Crippen LogP contribution is 2.38. The third-order valence-corrected chi connectivity index (χ3v) is 8.23. The largest absolute Gasteiger partial charge is 0.355 e. The first-order chi connectivity index (χ1) is 22.6. The van der Waals surface area contributed by atoms with Gasteiger partial charge in [0.1, 0.15) is 0 Å². The number of H-pyrrole nitrogens is 2. The van der Waals surface area contributed by atoms with Gasteiger partial charge in [0, 0.05) is 40.3 Å². The van der Waals surface area contributed by atoms with Crippen LogP contribution in [0.1, 0.15) is 29.7 Å². The molecule has 2 aliphatic heterocycles. The average molecular weight is 596 g/mol. The zero-order valence-corrected chi connectivity index (χ0v) is 25.1. The van der Waals surface area contributed by atoms with Crippen molar-refractivity contribution in [3.8, 4) is 22.3 Å². The molecule has 0 spiro atoms. The lowest BCUT2D eigenvalue weighted by molar-refractivity contribution is -0.115. The van der Waals surface area contributed by atoms with Gasteiger partial charge >= 0.3 is 0 Å². The van der Waals surface area contributed by atoms with Crippen molar-refractivity contribution in [1.82, 2.24) is 19.9 Å². The number of aromatic nitrogens is 4. The van der Waals surface area contributed by atoms with Crippen LogP contribution in [0.25, 0.3) is 68.6 Å². The zero-order valence-electron chi connectivity index (χ0n) is 25.1. The fourth-order valence-corrected chi connectivity index (χ4v) is 6.22. The lowest BCUT2D eigenvalue weighted by Gasteiger charge is -2.22. The maximum atomic E-state index is 13.5. The second kappa shape index (κ2) is 11.3. The van der Waals surface area contributed by atoms with Gasteiger partial charge in [0.15, 0.2) is 0 Å². The van der Waals surface area contributed by atoms with Crippen molar-refractivity contribution in [3.05, 3.63) is 144 Å². The molecule has 220 valence electrons. The standard InChI is InChI=1S/C40H29N5O/c1-26(46)45(31-15-9-4-10-16-31)40-36-23-21-34(43-36)38(27-11-5-2-6-12-27)32-19-17-29(41-32)25-30-18-20-33(42-30)39(28-13-7-3-8-14-28)35-22-24-37(40)44-35/h2-25,41,44H,1H3. The summed E-state index contributed by atoms with van der Waals surface area (Å²) in [6, 6.07) is 40.5. The molecule has 2 aliphatic rings. The number of hydrogen-bond donors (Lipinski definition) is 2. The van der Waals surface area contributed by atoms with E-state index in [1.54, 1.807) is 11.8 Å². The predicted octanol–water partition coefficient (Wildman–Crippen LogP) is 9.67. The first kappa shape index (κ1) is 27.3. The fraction of sp³-hybridized carbons (Fsp3) is 0.0250.